The molecule has 0 aliphatic heterocycles. The number of aromatic nitrogens is 3. The molecule has 0 aromatic carbocycles. The van der Waals surface area contributed by atoms with E-state index in [1.54, 1.807) is 4.68 Å². The summed E-state index contributed by atoms with van der Waals surface area (Å²) < 4.78 is 1.80. The van der Waals surface area contributed by atoms with Crippen LogP contribution in [-0.4, -0.2) is 14.8 Å². The fourth-order valence-corrected chi connectivity index (χ4v) is 1.55. The topological polar surface area (TPSA) is 30.7 Å². The lowest BCUT2D eigenvalue weighted by Gasteiger charge is -2.02. The van der Waals surface area contributed by atoms with Crippen LogP contribution in [0.2, 0.25) is 0 Å². The highest BCUT2D eigenvalue weighted by atomic mass is 15.2. The molecule has 0 fully saturated rings. The van der Waals surface area contributed by atoms with Crippen LogP contribution in [0.1, 0.15) is 11.4 Å². The van der Waals surface area contributed by atoms with Gasteiger partial charge < -0.3 is 0 Å². The first-order chi connectivity index (χ1) is 6.66. The number of rotatable bonds is 1. The third-order valence-corrected chi connectivity index (χ3v) is 2.24. The van der Waals surface area contributed by atoms with Crippen LogP contribution in [0.3, 0.4) is 0 Å². The largest absolute Gasteiger partial charge is 0.275 e. The smallest absolute Gasteiger partial charge is 0.0568 e. The molecule has 3 heteroatoms. The Morgan fingerprint density at radius 1 is 1.21 bits per heavy atom. The van der Waals surface area contributed by atoms with E-state index in [1.807, 2.05) is 39.4 Å². The van der Waals surface area contributed by atoms with Crippen LogP contribution in [-0.2, 0) is 7.05 Å². The van der Waals surface area contributed by atoms with E-state index in [1.165, 1.54) is 0 Å². The van der Waals surface area contributed by atoms with Gasteiger partial charge in [0.05, 0.1) is 6.20 Å². The standard InChI is InChI=1S/C11H13N3/c1-8-4-5-11(9(2)13-8)10-6-12-14(3)7-10/h4-7H,1-3H3. The summed E-state index contributed by atoms with van der Waals surface area (Å²) in [5.74, 6) is 0. The molecule has 0 saturated carbocycles. The van der Waals surface area contributed by atoms with Gasteiger partial charge in [-0.15, -0.1) is 0 Å². The summed E-state index contributed by atoms with van der Waals surface area (Å²) in [5.41, 5.74) is 4.38. The van der Waals surface area contributed by atoms with Crippen molar-refractivity contribution in [2.75, 3.05) is 0 Å². The van der Waals surface area contributed by atoms with E-state index in [9.17, 15) is 0 Å². The van der Waals surface area contributed by atoms with Gasteiger partial charge >= 0.3 is 0 Å². The van der Waals surface area contributed by atoms with E-state index < -0.39 is 0 Å². The van der Waals surface area contributed by atoms with Crippen LogP contribution >= 0.6 is 0 Å². The van der Waals surface area contributed by atoms with Crippen molar-refractivity contribution >= 4 is 0 Å². The summed E-state index contributed by atoms with van der Waals surface area (Å²) in [6, 6.07) is 4.12. The van der Waals surface area contributed by atoms with Gasteiger partial charge in [-0.1, -0.05) is 6.07 Å². The predicted octanol–water partition coefficient (Wildman–Crippen LogP) is 2.10. The molecule has 72 valence electrons. The SMILES string of the molecule is Cc1ccc(-c2cnn(C)c2)c(C)n1. The summed E-state index contributed by atoms with van der Waals surface area (Å²) in [6.45, 7) is 4.02. The second kappa shape index (κ2) is 3.25. The van der Waals surface area contributed by atoms with Crippen LogP contribution < -0.4 is 0 Å². The molecule has 0 bridgehead atoms. The molecule has 3 nitrogen and oxygen atoms in total. The number of aryl methyl sites for hydroxylation is 3. The van der Waals surface area contributed by atoms with E-state index in [0.717, 1.165) is 22.5 Å². The Balaban J connectivity index is 2.52. The van der Waals surface area contributed by atoms with E-state index in [4.69, 9.17) is 0 Å². The van der Waals surface area contributed by atoms with Gasteiger partial charge in [-0.3, -0.25) is 9.67 Å². The molecule has 14 heavy (non-hydrogen) atoms. The van der Waals surface area contributed by atoms with Crippen molar-refractivity contribution in [2.24, 2.45) is 7.05 Å². The van der Waals surface area contributed by atoms with Crippen molar-refractivity contribution in [1.82, 2.24) is 14.8 Å². The van der Waals surface area contributed by atoms with E-state index in [2.05, 4.69) is 16.1 Å². The van der Waals surface area contributed by atoms with Crippen molar-refractivity contribution < 1.29 is 0 Å². The minimum atomic E-state index is 1.05. The molecule has 0 saturated heterocycles. The molecule has 0 unspecified atom stereocenters. The van der Waals surface area contributed by atoms with Gasteiger partial charge in [0.2, 0.25) is 0 Å². The highest BCUT2D eigenvalue weighted by Gasteiger charge is 2.04. The molecule has 2 aromatic rings. The van der Waals surface area contributed by atoms with Crippen molar-refractivity contribution in [3.05, 3.63) is 35.9 Å². The van der Waals surface area contributed by atoms with Crippen LogP contribution in [0.4, 0.5) is 0 Å². The third kappa shape index (κ3) is 1.53. The van der Waals surface area contributed by atoms with E-state index in [0.29, 0.717) is 0 Å². The number of pyridine rings is 1. The fraction of sp³-hybridized carbons (Fsp3) is 0.273. The van der Waals surface area contributed by atoms with Crippen molar-refractivity contribution in [3.63, 3.8) is 0 Å². The normalized spacial score (nSPS) is 10.5. The molecule has 2 rings (SSSR count). The molecule has 2 heterocycles. The van der Waals surface area contributed by atoms with Crippen LogP contribution in [0.15, 0.2) is 24.5 Å². The van der Waals surface area contributed by atoms with Crippen LogP contribution in [0, 0.1) is 13.8 Å². The first kappa shape index (κ1) is 8.94. The highest BCUT2D eigenvalue weighted by molar-refractivity contribution is 5.64. The Morgan fingerprint density at radius 2 is 2.00 bits per heavy atom. The first-order valence-corrected chi connectivity index (χ1v) is 4.60. The van der Waals surface area contributed by atoms with Gasteiger partial charge in [-0.2, -0.15) is 5.10 Å². The van der Waals surface area contributed by atoms with Gasteiger partial charge in [0.1, 0.15) is 0 Å². The second-order valence-corrected chi connectivity index (χ2v) is 3.49. The van der Waals surface area contributed by atoms with Gasteiger partial charge in [-0.25, -0.2) is 0 Å². The van der Waals surface area contributed by atoms with Crippen molar-refractivity contribution in [3.8, 4) is 11.1 Å². The van der Waals surface area contributed by atoms with E-state index in [-0.39, 0.29) is 0 Å². The molecule has 0 aliphatic rings. The molecular formula is C11H13N3. The minimum absolute atomic E-state index is 1.05. The lowest BCUT2D eigenvalue weighted by atomic mass is 10.1. The maximum atomic E-state index is 4.42. The predicted molar refractivity (Wildman–Crippen MR) is 55.9 cm³/mol. The minimum Gasteiger partial charge on any atom is -0.275 e. The van der Waals surface area contributed by atoms with Gasteiger partial charge in [0.25, 0.3) is 0 Å². The van der Waals surface area contributed by atoms with Crippen LogP contribution in [0.5, 0.6) is 0 Å². The number of nitrogens with zero attached hydrogens (tertiary/aromatic N) is 3. The molecule has 0 aliphatic carbocycles. The monoisotopic (exact) mass is 187 g/mol. The fourth-order valence-electron chi connectivity index (χ4n) is 1.55. The maximum absolute atomic E-state index is 4.42. The first-order valence-electron chi connectivity index (χ1n) is 4.60. The molecule has 0 amide bonds. The summed E-state index contributed by atoms with van der Waals surface area (Å²) in [6.07, 6.45) is 3.86. The Bertz CT molecular complexity index is 457. The number of hydrogen-bond acceptors (Lipinski definition) is 2. The van der Waals surface area contributed by atoms with Gasteiger partial charge in [0, 0.05) is 35.8 Å². The third-order valence-electron chi connectivity index (χ3n) is 2.24. The maximum Gasteiger partial charge on any atom is 0.0568 e. The summed E-state index contributed by atoms with van der Waals surface area (Å²) in [7, 11) is 1.92. The van der Waals surface area contributed by atoms with Gasteiger partial charge in [-0.05, 0) is 19.9 Å². The van der Waals surface area contributed by atoms with Gasteiger partial charge in [0.15, 0.2) is 0 Å². The van der Waals surface area contributed by atoms with Crippen molar-refractivity contribution in [2.45, 2.75) is 13.8 Å². The zero-order valence-corrected chi connectivity index (χ0v) is 8.65. The summed E-state index contributed by atoms with van der Waals surface area (Å²) in [5, 5.41) is 4.15. The highest BCUT2D eigenvalue weighted by Crippen LogP contribution is 2.21. The Kier molecular flexibility index (Phi) is 2.08. The number of hydrogen-bond donors (Lipinski definition) is 0. The lowest BCUT2D eigenvalue weighted by molar-refractivity contribution is 0.768. The summed E-state index contributed by atoms with van der Waals surface area (Å²) in [4.78, 5) is 4.42. The average Bonchev–Trinajstić information content (AvgIpc) is 2.51. The summed E-state index contributed by atoms with van der Waals surface area (Å²) >= 11 is 0. The zero-order chi connectivity index (χ0) is 10.1. The van der Waals surface area contributed by atoms with Crippen LogP contribution in [0.25, 0.3) is 11.1 Å². The molecule has 0 N–H and O–H groups in total. The molecule has 0 atom stereocenters. The van der Waals surface area contributed by atoms with E-state index >= 15 is 0 Å². The van der Waals surface area contributed by atoms with Crippen molar-refractivity contribution in [1.29, 1.82) is 0 Å². The Labute approximate surface area is 83.4 Å². The lowest BCUT2D eigenvalue weighted by Crippen LogP contribution is -1.89. The average molecular weight is 187 g/mol. The Hall–Kier alpha value is -1.64. The molecule has 2 aromatic heterocycles. The molecular weight excluding hydrogens is 174 g/mol. The quantitative estimate of drug-likeness (QED) is 0.684. The molecule has 0 radical (unpaired) electrons. The molecule has 0 spiro atoms. The zero-order valence-electron chi connectivity index (χ0n) is 8.65. The second-order valence-electron chi connectivity index (χ2n) is 3.49. The Morgan fingerprint density at radius 3 is 2.57 bits per heavy atom.